The number of aliphatic carboxylic acids is 2. The molecule has 25 heteroatoms. The van der Waals surface area contributed by atoms with E-state index in [1.54, 1.807) is 12.1 Å². The number of rotatable bonds is 78. The number of Topliss-reactive ketones (excluding diaryl/α,β-unsaturated/α-hetero) is 1. The van der Waals surface area contributed by atoms with Gasteiger partial charge in [0.1, 0.15) is 24.1 Å². The lowest BCUT2D eigenvalue weighted by Crippen LogP contribution is -2.21. The minimum Gasteiger partial charge on any atom is -0.481 e. The van der Waals surface area contributed by atoms with Crippen LogP contribution < -0.4 is 4.74 Å². The highest BCUT2D eigenvalue weighted by molar-refractivity contribution is 5.81. The monoisotopic (exact) mass is 1990 g/mol. The second-order valence-electron chi connectivity index (χ2n) is 48.4. The van der Waals surface area contributed by atoms with Crippen LogP contribution in [0.3, 0.4) is 0 Å². The van der Waals surface area contributed by atoms with Crippen LogP contribution in [0.5, 0.6) is 5.75 Å². The maximum atomic E-state index is 12.4. The number of para-hydroxylation sites is 1. The van der Waals surface area contributed by atoms with E-state index in [-0.39, 0.29) is 116 Å². The Bertz CT molecular complexity index is 3270. The van der Waals surface area contributed by atoms with Crippen LogP contribution in [0.4, 0.5) is 0 Å². The van der Waals surface area contributed by atoms with E-state index in [0.717, 1.165) is 153 Å². The van der Waals surface area contributed by atoms with Gasteiger partial charge in [-0.05, 0) is 342 Å². The largest absolute Gasteiger partial charge is 0.481 e. The number of hydrogen-bond donors (Lipinski definition) is 14. The molecule has 2 aromatic rings. The van der Waals surface area contributed by atoms with Gasteiger partial charge in [0, 0.05) is 71.0 Å². The molecule has 14 N–H and O–H groups in total. The predicted octanol–water partition coefficient (Wildman–Crippen LogP) is 22.6. The van der Waals surface area contributed by atoms with E-state index in [1.165, 1.54) is 14.2 Å². The molecule has 0 bridgehead atoms. The zero-order chi connectivity index (χ0) is 107. The SMILES string of the molecule is CC(C)(CCC(=O)Cc1ccccc1)CCC(O)CCC(O)CCC(C)(C)CCC(=O)Oc1ccccc1.CC(C)(CCC(=O)O)CCC(O)CCC(O)CCC(C)(C)CCC(=O)O.CC(C)(CCC=O)CCC(O)CCC(O)CCC(C)(C)CCC=O.CC(C)(CCCO)CCC(O)CCC(O)CCC(C)(C)CCCO.COC(=O)CCC(C)(C)CCC(O)CCC(O)CCC(C)(C)CCC(=O)OC. The summed E-state index contributed by atoms with van der Waals surface area (Å²) in [7, 11) is 2.79. The fourth-order valence-corrected chi connectivity index (χ4v) is 16.7. The smallest absolute Gasteiger partial charge is 0.311 e. The van der Waals surface area contributed by atoms with E-state index in [4.69, 9.17) is 25.2 Å². The van der Waals surface area contributed by atoms with Gasteiger partial charge in [-0.15, -0.1) is 0 Å². The van der Waals surface area contributed by atoms with Gasteiger partial charge >= 0.3 is 29.8 Å². The van der Waals surface area contributed by atoms with Crippen LogP contribution in [0, 0.1) is 54.1 Å². The van der Waals surface area contributed by atoms with Gasteiger partial charge in [0.05, 0.1) is 75.3 Å². The first-order valence-electron chi connectivity index (χ1n) is 53.2. The highest BCUT2D eigenvalue weighted by atomic mass is 16.5. The summed E-state index contributed by atoms with van der Waals surface area (Å²) in [5.74, 6) is -1.43. The van der Waals surface area contributed by atoms with Crippen molar-refractivity contribution in [1.29, 1.82) is 0 Å². The number of ketones is 1. The Kier molecular flexibility index (Phi) is 74.2. The summed E-state index contributed by atoms with van der Waals surface area (Å²) in [6.45, 7) is 42.6. The summed E-state index contributed by atoms with van der Waals surface area (Å²) in [4.78, 5) is 89.3. The number of ether oxygens (including phenoxy) is 3. The Morgan fingerprint density at radius 2 is 0.464 bits per heavy atom. The van der Waals surface area contributed by atoms with Crippen LogP contribution in [0.1, 0.15) is 465 Å². The van der Waals surface area contributed by atoms with Crippen molar-refractivity contribution in [2.45, 2.75) is 527 Å². The van der Waals surface area contributed by atoms with Crippen molar-refractivity contribution in [1.82, 2.24) is 0 Å². The third-order valence-corrected chi connectivity index (χ3v) is 28.4. The predicted molar refractivity (Wildman–Crippen MR) is 562 cm³/mol. The van der Waals surface area contributed by atoms with Gasteiger partial charge in [-0.1, -0.05) is 187 Å². The molecule has 0 aliphatic rings. The number of hydrogen-bond acceptors (Lipinski definition) is 23. The Morgan fingerprint density at radius 3 is 0.679 bits per heavy atom. The van der Waals surface area contributed by atoms with Crippen molar-refractivity contribution < 1.29 is 124 Å². The van der Waals surface area contributed by atoms with Crippen molar-refractivity contribution in [2.24, 2.45) is 54.1 Å². The molecule has 10 unspecified atom stereocenters. The highest BCUT2D eigenvalue weighted by Crippen LogP contribution is 2.39. The van der Waals surface area contributed by atoms with Crippen LogP contribution in [0.15, 0.2) is 60.7 Å². The number of carboxylic acid groups (broad SMARTS) is 2. The highest BCUT2D eigenvalue weighted by Gasteiger charge is 2.31. The maximum absolute atomic E-state index is 12.4. The van der Waals surface area contributed by atoms with Gasteiger partial charge < -0.3 is 95.3 Å². The minimum absolute atomic E-state index is 0.0162. The quantitative estimate of drug-likeness (QED) is 0.0166. The standard InChI is InChI=1S/C33H48O5.C22H42O6.C20H38O6.C20H42O4.C20H38O4/c1-32(2,23-19-29(36)25-26-11-7-5-8-12-26)21-17-27(34)15-16-28(35)18-22-33(3,4)24-20-31(37)38-30-13-9-6-10-14-30;1-21(2,15-11-19(25)27-5)13-9-17(23)7-8-18(24)10-14-22(3,4)16-12-20(26)28-6;1-19(2,13-9-17(23)24)11-7-15(21)5-6-16(22)8-12-20(3,4)14-10-18(25)26;2*1-19(2,11-5-15-21)13-9-17(23)7-8-18(24)10-14-20(3,4)12-6-16-22/h5-14,27-28,34-35H,15-25H2,1-4H3;17-18,23-24H,7-16H2,1-6H3;15-16,21-22H,5-14H2,1-4H3,(H,23,24)(H,25,26);17-18,21-24H,5-16H2,1-4H3;15-18,23-24H,5-14H2,1-4H3. The third kappa shape index (κ3) is 85.5. The fourth-order valence-electron chi connectivity index (χ4n) is 16.7. The van der Waals surface area contributed by atoms with E-state index < -0.39 is 60.8 Å². The van der Waals surface area contributed by atoms with Crippen LogP contribution in [-0.2, 0) is 54.3 Å². The van der Waals surface area contributed by atoms with Gasteiger partial charge in [-0.25, -0.2) is 0 Å². The molecule has 2 rings (SSSR count). The molecule has 0 aromatic heterocycles. The number of carboxylic acids is 2. The number of benzene rings is 2. The summed E-state index contributed by atoms with van der Waals surface area (Å²) < 4.78 is 14.7. The Morgan fingerprint density at radius 1 is 0.264 bits per heavy atom. The minimum atomic E-state index is -0.798. The lowest BCUT2D eigenvalue weighted by Gasteiger charge is -2.27. The third-order valence-electron chi connectivity index (χ3n) is 28.4. The molecule has 10 atom stereocenters. The number of esters is 3. The van der Waals surface area contributed by atoms with E-state index in [9.17, 15) is 89.4 Å². The first kappa shape index (κ1) is 138. The average Bonchev–Trinajstić information content (AvgIpc) is 0.876. The summed E-state index contributed by atoms with van der Waals surface area (Å²) in [5.41, 5.74) is 1.10. The molecular weight excluding hydrogens is 1780 g/mol. The number of aldehydes is 2. The van der Waals surface area contributed by atoms with E-state index in [1.807, 2.05) is 76.2 Å². The van der Waals surface area contributed by atoms with Gasteiger partial charge in [0.25, 0.3) is 0 Å². The molecule has 140 heavy (non-hydrogen) atoms. The second-order valence-corrected chi connectivity index (χ2v) is 48.4. The van der Waals surface area contributed by atoms with Gasteiger partial charge in [-0.3, -0.25) is 28.8 Å². The first-order valence-corrected chi connectivity index (χ1v) is 53.2. The lowest BCUT2D eigenvalue weighted by molar-refractivity contribution is -0.142. The average molecular weight is 1990 g/mol. The van der Waals surface area contributed by atoms with Gasteiger partial charge in [-0.2, -0.15) is 0 Å². The molecule has 0 amide bonds. The molecule has 2 aromatic carbocycles. The number of aliphatic hydroxyl groups is 12. The lowest BCUT2D eigenvalue weighted by atomic mass is 9.80. The van der Waals surface area contributed by atoms with E-state index >= 15 is 0 Å². The summed E-state index contributed by atoms with van der Waals surface area (Å²) in [6, 6.07) is 18.9. The molecule has 0 aliphatic carbocycles. The Labute approximate surface area is 848 Å². The number of methoxy groups -OCH3 is 2. The molecule has 0 heterocycles. The zero-order valence-corrected chi connectivity index (χ0v) is 91.9. The molecule has 0 spiro atoms. The van der Waals surface area contributed by atoms with Crippen molar-refractivity contribution in [3.05, 3.63) is 66.2 Å². The Balaban J connectivity index is -0.00000170. The van der Waals surface area contributed by atoms with Gasteiger partial charge in [0.15, 0.2) is 0 Å². The van der Waals surface area contributed by atoms with Gasteiger partial charge in [0.2, 0.25) is 0 Å². The van der Waals surface area contributed by atoms with E-state index in [0.29, 0.717) is 186 Å². The van der Waals surface area contributed by atoms with Crippen molar-refractivity contribution in [2.75, 3.05) is 27.4 Å². The first-order chi connectivity index (χ1) is 64.9. The molecule has 0 saturated heterocycles. The maximum Gasteiger partial charge on any atom is 0.311 e. The van der Waals surface area contributed by atoms with Crippen molar-refractivity contribution >= 4 is 48.2 Å². The van der Waals surface area contributed by atoms with Crippen LogP contribution in [0.25, 0.3) is 0 Å². The summed E-state index contributed by atoms with van der Waals surface area (Å²) in [6.07, 6.45) is 31.6. The molecular formula is C115H208O25. The molecule has 818 valence electrons. The normalized spacial score (nSPS) is 14.6. The number of carbonyl (C=O) groups excluding carboxylic acids is 6. The van der Waals surface area contributed by atoms with Crippen molar-refractivity contribution in [3.8, 4) is 5.75 Å². The summed E-state index contributed by atoms with van der Waals surface area (Å²) >= 11 is 0. The van der Waals surface area contributed by atoms with Crippen LogP contribution in [0.2, 0.25) is 0 Å². The fraction of sp³-hybridized carbons (Fsp3) is 0.826. The summed E-state index contributed by atoms with van der Waals surface area (Å²) in [5, 5.41) is 138. The van der Waals surface area contributed by atoms with E-state index in [2.05, 4.69) is 120 Å². The van der Waals surface area contributed by atoms with Crippen molar-refractivity contribution in [3.63, 3.8) is 0 Å². The van der Waals surface area contributed by atoms with Crippen LogP contribution in [-0.4, -0.2) is 208 Å². The second kappa shape index (κ2) is 75.1. The zero-order valence-electron chi connectivity index (χ0n) is 91.9. The number of carbonyl (C=O) groups is 8. The number of aliphatic hydroxyl groups excluding tert-OH is 12. The molecule has 0 fully saturated rings. The Hall–Kier alpha value is -5.68. The molecule has 0 radical (unpaired) electrons. The van der Waals surface area contributed by atoms with Crippen LogP contribution >= 0.6 is 0 Å². The molecule has 25 nitrogen and oxygen atoms in total. The molecule has 0 aliphatic heterocycles. The topological polar surface area (TPSA) is 447 Å². The molecule has 0 saturated carbocycles.